The molecule has 2 aromatic heterocycles. The Labute approximate surface area is 240 Å². The van der Waals surface area contributed by atoms with E-state index in [0.717, 1.165) is 54.1 Å². The molecule has 1 aliphatic carbocycles. The first-order valence-electron chi connectivity index (χ1n) is 13.0. The molecule has 0 saturated heterocycles. The Morgan fingerprint density at radius 3 is 2.60 bits per heavy atom. The molecule has 40 heavy (non-hydrogen) atoms. The van der Waals surface area contributed by atoms with E-state index >= 15 is 0 Å². The van der Waals surface area contributed by atoms with Crippen LogP contribution in [0, 0.1) is 0 Å². The Morgan fingerprint density at radius 1 is 1.00 bits per heavy atom. The van der Waals surface area contributed by atoms with Crippen LogP contribution in [0.2, 0.25) is 0 Å². The quantitative estimate of drug-likeness (QED) is 0.231. The molecule has 9 nitrogen and oxygen atoms in total. The molecule has 0 atom stereocenters. The molecule has 0 unspecified atom stereocenters. The summed E-state index contributed by atoms with van der Waals surface area (Å²) in [6.45, 7) is 0.427. The first-order chi connectivity index (χ1) is 19.5. The number of methoxy groups -OCH3 is 2. The minimum Gasteiger partial charge on any atom is -0.493 e. The fourth-order valence-corrected chi connectivity index (χ4v) is 6.47. The number of nitrogens with one attached hydrogen (secondary N) is 2. The lowest BCUT2D eigenvalue weighted by Gasteiger charge is -2.13. The van der Waals surface area contributed by atoms with Gasteiger partial charge in [0.15, 0.2) is 11.5 Å². The number of anilines is 1. The number of benzene rings is 2. The van der Waals surface area contributed by atoms with Crippen molar-refractivity contribution in [3.8, 4) is 11.5 Å². The topological polar surface area (TPSA) is 116 Å². The standard InChI is InChI=1S/C29H30N4O5S2/c1-36-21-13-12-19(14-22(21)37-2)15-25-32-33-29(38-25)39-17-24(34)31-28-26(20-10-6-7-11-23(20)40-28)27(35)30-16-18-8-4-3-5-9-18/h3-5,8-9,12-14H,6-7,10-11,15-17H2,1-2H3,(H,30,35)(H,31,34). The molecule has 2 amide bonds. The lowest BCUT2D eigenvalue weighted by Crippen LogP contribution is -2.25. The highest BCUT2D eigenvalue weighted by molar-refractivity contribution is 7.99. The molecule has 1 aliphatic rings. The Kier molecular flexibility index (Phi) is 9.02. The number of thiophene rings is 1. The first-order valence-corrected chi connectivity index (χ1v) is 14.8. The fraction of sp³-hybridized carbons (Fsp3) is 0.310. The minimum absolute atomic E-state index is 0.0750. The zero-order valence-electron chi connectivity index (χ0n) is 22.3. The van der Waals surface area contributed by atoms with Gasteiger partial charge in [0.2, 0.25) is 11.8 Å². The van der Waals surface area contributed by atoms with E-state index in [1.54, 1.807) is 14.2 Å². The smallest absolute Gasteiger partial charge is 0.277 e. The summed E-state index contributed by atoms with van der Waals surface area (Å²) in [5, 5.41) is 15.1. The molecule has 5 rings (SSSR count). The predicted molar refractivity (Wildman–Crippen MR) is 155 cm³/mol. The molecule has 2 aromatic carbocycles. The number of fused-ring (bicyclic) bond motifs is 1. The van der Waals surface area contributed by atoms with Crippen molar-refractivity contribution in [2.24, 2.45) is 0 Å². The first kappa shape index (κ1) is 27.7. The van der Waals surface area contributed by atoms with Crippen molar-refractivity contribution in [1.82, 2.24) is 15.5 Å². The summed E-state index contributed by atoms with van der Waals surface area (Å²) in [6, 6.07) is 15.4. The van der Waals surface area contributed by atoms with Gasteiger partial charge in [0.1, 0.15) is 5.00 Å². The number of carbonyl (C=O) groups is 2. The van der Waals surface area contributed by atoms with Crippen LogP contribution in [0.15, 0.2) is 58.2 Å². The zero-order chi connectivity index (χ0) is 27.9. The van der Waals surface area contributed by atoms with Crippen LogP contribution in [0.1, 0.15) is 50.7 Å². The molecule has 0 fully saturated rings. The third-order valence-corrected chi connectivity index (χ3v) is 8.55. The van der Waals surface area contributed by atoms with E-state index in [0.29, 0.717) is 46.1 Å². The van der Waals surface area contributed by atoms with Crippen LogP contribution in [0.25, 0.3) is 0 Å². The lowest BCUT2D eigenvalue weighted by molar-refractivity contribution is -0.113. The number of amides is 2. The molecular weight excluding hydrogens is 548 g/mol. The summed E-state index contributed by atoms with van der Waals surface area (Å²) in [5.74, 6) is 1.37. The Bertz CT molecular complexity index is 1490. The monoisotopic (exact) mass is 578 g/mol. The van der Waals surface area contributed by atoms with Crippen molar-refractivity contribution in [3.63, 3.8) is 0 Å². The van der Waals surface area contributed by atoms with E-state index in [-0.39, 0.29) is 17.6 Å². The molecule has 0 saturated carbocycles. The third kappa shape index (κ3) is 6.65. The molecule has 11 heteroatoms. The maximum Gasteiger partial charge on any atom is 0.277 e. The number of carbonyl (C=O) groups excluding carboxylic acids is 2. The van der Waals surface area contributed by atoms with Gasteiger partial charge in [-0.2, -0.15) is 0 Å². The van der Waals surface area contributed by atoms with Crippen molar-refractivity contribution in [2.75, 3.05) is 25.3 Å². The number of aryl methyl sites for hydroxylation is 1. The molecule has 2 N–H and O–H groups in total. The molecule has 0 aliphatic heterocycles. The normalized spacial score (nSPS) is 12.4. The highest BCUT2D eigenvalue weighted by Crippen LogP contribution is 2.38. The van der Waals surface area contributed by atoms with Crippen LogP contribution in [0.3, 0.4) is 0 Å². The van der Waals surface area contributed by atoms with Gasteiger partial charge in [-0.15, -0.1) is 21.5 Å². The van der Waals surface area contributed by atoms with E-state index in [9.17, 15) is 9.59 Å². The second kappa shape index (κ2) is 13.0. The second-order valence-corrected chi connectivity index (χ2v) is 11.3. The molecule has 0 spiro atoms. The number of thioether (sulfide) groups is 1. The van der Waals surface area contributed by atoms with Gasteiger partial charge in [-0.25, -0.2) is 0 Å². The van der Waals surface area contributed by atoms with Crippen molar-refractivity contribution >= 4 is 39.9 Å². The Morgan fingerprint density at radius 2 is 1.80 bits per heavy atom. The number of hydrogen-bond acceptors (Lipinski definition) is 9. The minimum atomic E-state index is -0.236. The van der Waals surface area contributed by atoms with Crippen LogP contribution < -0.4 is 20.1 Å². The van der Waals surface area contributed by atoms with E-state index < -0.39 is 0 Å². The van der Waals surface area contributed by atoms with Gasteiger partial charge in [-0.3, -0.25) is 9.59 Å². The highest BCUT2D eigenvalue weighted by atomic mass is 32.2. The maximum atomic E-state index is 13.3. The number of nitrogens with zero attached hydrogens (tertiary/aromatic N) is 2. The van der Waals surface area contributed by atoms with Gasteiger partial charge in [0, 0.05) is 11.4 Å². The summed E-state index contributed by atoms with van der Waals surface area (Å²) in [7, 11) is 3.17. The highest BCUT2D eigenvalue weighted by Gasteiger charge is 2.26. The van der Waals surface area contributed by atoms with E-state index in [1.807, 2.05) is 48.5 Å². The molecular formula is C29H30N4O5S2. The summed E-state index contributed by atoms with van der Waals surface area (Å²) in [6.07, 6.45) is 4.31. The van der Waals surface area contributed by atoms with Crippen LogP contribution in [-0.4, -0.2) is 42.0 Å². The van der Waals surface area contributed by atoms with Crippen LogP contribution in [0.4, 0.5) is 5.00 Å². The van der Waals surface area contributed by atoms with Gasteiger partial charge in [-0.1, -0.05) is 48.2 Å². The second-order valence-electron chi connectivity index (χ2n) is 9.25. The number of aromatic nitrogens is 2. The van der Waals surface area contributed by atoms with Gasteiger partial charge in [-0.05, 0) is 54.5 Å². The molecule has 0 bridgehead atoms. The van der Waals surface area contributed by atoms with Gasteiger partial charge in [0.25, 0.3) is 11.1 Å². The van der Waals surface area contributed by atoms with E-state index in [1.165, 1.54) is 16.2 Å². The number of hydrogen-bond donors (Lipinski definition) is 2. The van der Waals surface area contributed by atoms with Crippen molar-refractivity contribution in [3.05, 3.63) is 81.6 Å². The van der Waals surface area contributed by atoms with Crippen LogP contribution in [0.5, 0.6) is 11.5 Å². The molecule has 4 aromatic rings. The summed E-state index contributed by atoms with van der Waals surface area (Å²) in [4.78, 5) is 27.3. The largest absolute Gasteiger partial charge is 0.493 e. The number of ether oxygens (including phenoxy) is 2. The van der Waals surface area contributed by atoms with Crippen LogP contribution in [-0.2, 0) is 30.6 Å². The fourth-order valence-electron chi connectivity index (χ4n) is 4.58. The average molecular weight is 579 g/mol. The van der Waals surface area contributed by atoms with Gasteiger partial charge >= 0.3 is 0 Å². The number of rotatable bonds is 11. The van der Waals surface area contributed by atoms with Gasteiger partial charge in [0.05, 0.1) is 32.0 Å². The third-order valence-electron chi connectivity index (χ3n) is 6.53. The predicted octanol–water partition coefficient (Wildman–Crippen LogP) is 5.28. The van der Waals surface area contributed by atoms with Crippen molar-refractivity contribution in [2.45, 2.75) is 43.9 Å². The zero-order valence-corrected chi connectivity index (χ0v) is 24.0. The summed E-state index contributed by atoms with van der Waals surface area (Å²) in [5.41, 5.74) is 3.59. The Balaban J connectivity index is 1.20. The SMILES string of the molecule is COc1ccc(Cc2nnc(SCC(=O)Nc3sc4c(c3C(=O)NCc3ccccc3)CCCC4)o2)cc1OC. The Hall–Kier alpha value is -3.83. The summed E-state index contributed by atoms with van der Waals surface area (Å²) < 4.78 is 16.4. The van der Waals surface area contributed by atoms with Gasteiger partial charge < -0.3 is 24.5 Å². The van der Waals surface area contributed by atoms with Crippen LogP contribution >= 0.6 is 23.1 Å². The van der Waals surface area contributed by atoms with Crippen molar-refractivity contribution in [1.29, 1.82) is 0 Å². The summed E-state index contributed by atoms with van der Waals surface area (Å²) >= 11 is 2.66. The molecule has 0 radical (unpaired) electrons. The maximum absolute atomic E-state index is 13.3. The molecule has 208 valence electrons. The van der Waals surface area contributed by atoms with E-state index in [2.05, 4.69) is 20.8 Å². The van der Waals surface area contributed by atoms with E-state index in [4.69, 9.17) is 13.9 Å². The van der Waals surface area contributed by atoms with Crippen molar-refractivity contribution < 1.29 is 23.5 Å². The molecule has 2 heterocycles. The lowest BCUT2D eigenvalue weighted by atomic mass is 9.95. The average Bonchev–Trinajstić information content (AvgIpc) is 3.59.